The van der Waals surface area contributed by atoms with Gasteiger partial charge < -0.3 is 5.32 Å². The average molecular weight is 318 g/mol. The molecule has 2 nitrogen and oxygen atoms in total. The molecule has 0 saturated carbocycles. The Morgan fingerprint density at radius 1 is 1.11 bits per heavy atom. The van der Waals surface area contributed by atoms with E-state index in [0.29, 0.717) is 20.6 Å². The highest BCUT2D eigenvalue weighted by Gasteiger charge is 2.13. The zero-order valence-electron chi connectivity index (χ0n) is 10.9. The lowest BCUT2D eigenvalue weighted by Gasteiger charge is -2.13. The number of anilines is 1. The Morgan fingerprint density at radius 3 is 2.47 bits per heavy atom. The van der Waals surface area contributed by atoms with Crippen molar-refractivity contribution in [1.82, 2.24) is 4.98 Å². The van der Waals surface area contributed by atoms with E-state index < -0.39 is 0 Å². The molecule has 102 valence electrons. The van der Waals surface area contributed by atoms with E-state index in [1.165, 1.54) is 0 Å². The molecule has 1 heterocycles. The molecule has 0 amide bonds. The Morgan fingerprint density at radius 2 is 1.84 bits per heavy atom. The van der Waals surface area contributed by atoms with E-state index >= 15 is 0 Å². The molecule has 1 N–H and O–H groups in total. The van der Waals surface area contributed by atoms with Crippen LogP contribution < -0.4 is 5.32 Å². The third-order valence-corrected chi connectivity index (χ3v) is 4.04. The van der Waals surface area contributed by atoms with Crippen LogP contribution >= 0.6 is 34.8 Å². The van der Waals surface area contributed by atoms with E-state index in [2.05, 4.69) is 24.1 Å². The molecule has 0 bridgehead atoms. The molecule has 1 aromatic heterocycles. The fourth-order valence-electron chi connectivity index (χ4n) is 1.94. The first-order valence-electron chi connectivity index (χ1n) is 6.29. The van der Waals surface area contributed by atoms with Gasteiger partial charge in [0.05, 0.1) is 20.6 Å². The van der Waals surface area contributed by atoms with E-state index in [1.807, 2.05) is 6.07 Å². The van der Waals surface area contributed by atoms with Gasteiger partial charge in [-0.25, -0.2) is 4.98 Å². The van der Waals surface area contributed by atoms with Gasteiger partial charge in [0.2, 0.25) is 0 Å². The van der Waals surface area contributed by atoms with Crippen molar-refractivity contribution in [3.05, 3.63) is 32.8 Å². The molecule has 2 aromatic rings. The average Bonchev–Trinajstić information content (AvgIpc) is 2.41. The molecule has 0 atom stereocenters. The Labute approximate surface area is 128 Å². The van der Waals surface area contributed by atoms with Crippen LogP contribution in [0.4, 0.5) is 5.82 Å². The number of aromatic nitrogens is 1. The molecule has 0 unspecified atom stereocenters. The molecule has 0 aliphatic heterocycles. The van der Waals surface area contributed by atoms with Crippen molar-refractivity contribution < 1.29 is 0 Å². The summed E-state index contributed by atoms with van der Waals surface area (Å²) < 4.78 is 0. The maximum atomic E-state index is 6.23. The van der Waals surface area contributed by atoms with Crippen LogP contribution in [-0.4, -0.2) is 11.5 Å². The van der Waals surface area contributed by atoms with Gasteiger partial charge in [0.25, 0.3) is 0 Å². The number of hydrogen-bond acceptors (Lipinski definition) is 2. The molecule has 0 saturated heterocycles. The van der Waals surface area contributed by atoms with Crippen molar-refractivity contribution in [3.8, 4) is 0 Å². The summed E-state index contributed by atoms with van der Waals surface area (Å²) in [6.45, 7) is 5.08. The Kier molecular flexibility index (Phi) is 4.77. The Balaban J connectivity index is 2.66. The molecule has 0 fully saturated rings. The van der Waals surface area contributed by atoms with E-state index in [0.717, 1.165) is 36.2 Å². The summed E-state index contributed by atoms with van der Waals surface area (Å²) in [5.74, 6) is 0.872. The second kappa shape index (κ2) is 6.17. The minimum Gasteiger partial charge on any atom is -0.370 e. The lowest BCUT2D eigenvalue weighted by Crippen LogP contribution is -2.05. The molecular weight excluding hydrogens is 303 g/mol. The number of hydrogen-bond donors (Lipinski definition) is 1. The van der Waals surface area contributed by atoms with Crippen LogP contribution in [0.25, 0.3) is 10.9 Å². The first-order valence-corrected chi connectivity index (χ1v) is 7.42. The quantitative estimate of drug-likeness (QED) is 0.745. The number of benzene rings is 1. The first kappa shape index (κ1) is 14.7. The van der Waals surface area contributed by atoms with Gasteiger partial charge in [-0.3, -0.25) is 0 Å². The highest BCUT2D eigenvalue weighted by molar-refractivity contribution is 6.47. The SMILES string of the molecule is CCCNc1nc2c(Cl)cc(Cl)c(Cl)c2cc1CC. The van der Waals surface area contributed by atoms with Crippen LogP contribution in [0.3, 0.4) is 0 Å². The van der Waals surface area contributed by atoms with Crippen molar-refractivity contribution in [2.45, 2.75) is 26.7 Å². The summed E-state index contributed by atoms with van der Waals surface area (Å²) in [4.78, 5) is 4.60. The lowest BCUT2D eigenvalue weighted by atomic mass is 10.1. The second-order valence-electron chi connectivity index (χ2n) is 4.33. The molecular formula is C14H15Cl3N2. The largest absolute Gasteiger partial charge is 0.370 e. The molecule has 0 aliphatic carbocycles. The van der Waals surface area contributed by atoms with Crippen molar-refractivity contribution in [2.24, 2.45) is 0 Å². The summed E-state index contributed by atoms with van der Waals surface area (Å²) in [5, 5.41) is 5.61. The monoisotopic (exact) mass is 316 g/mol. The number of halogens is 3. The predicted molar refractivity (Wildman–Crippen MR) is 84.9 cm³/mol. The van der Waals surface area contributed by atoms with Gasteiger partial charge in [0.1, 0.15) is 5.82 Å². The highest BCUT2D eigenvalue weighted by atomic mass is 35.5. The number of nitrogens with zero attached hydrogens (tertiary/aromatic N) is 1. The van der Waals surface area contributed by atoms with Gasteiger partial charge >= 0.3 is 0 Å². The number of pyridine rings is 1. The number of nitrogens with one attached hydrogen (secondary N) is 1. The maximum Gasteiger partial charge on any atom is 0.129 e. The van der Waals surface area contributed by atoms with Crippen molar-refractivity contribution in [3.63, 3.8) is 0 Å². The second-order valence-corrected chi connectivity index (χ2v) is 5.52. The topological polar surface area (TPSA) is 24.9 Å². The van der Waals surface area contributed by atoms with Crippen LogP contribution in [0.15, 0.2) is 12.1 Å². The van der Waals surface area contributed by atoms with Gasteiger partial charge in [-0.1, -0.05) is 48.7 Å². The minimum atomic E-state index is 0.456. The summed E-state index contributed by atoms with van der Waals surface area (Å²) >= 11 is 18.5. The molecule has 0 aliphatic rings. The minimum absolute atomic E-state index is 0.456. The smallest absolute Gasteiger partial charge is 0.129 e. The molecule has 0 spiro atoms. The lowest BCUT2D eigenvalue weighted by molar-refractivity contribution is 0.962. The van der Waals surface area contributed by atoms with Crippen LogP contribution in [0.1, 0.15) is 25.8 Å². The number of rotatable bonds is 4. The highest BCUT2D eigenvalue weighted by Crippen LogP contribution is 2.36. The van der Waals surface area contributed by atoms with Gasteiger partial charge in [0.15, 0.2) is 0 Å². The summed E-state index contributed by atoms with van der Waals surface area (Å²) in [5.41, 5.74) is 1.80. The Hall–Kier alpha value is -0.700. The number of aryl methyl sites for hydroxylation is 1. The molecule has 1 aromatic carbocycles. The maximum absolute atomic E-state index is 6.23. The zero-order chi connectivity index (χ0) is 14.0. The summed E-state index contributed by atoms with van der Waals surface area (Å²) in [6.07, 6.45) is 1.91. The van der Waals surface area contributed by atoms with Gasteiger partial charge in [-0.15, -0.1) is 0 Å². The molecule has 0 radical (unpaired) electrons. The van der Waals surface area contributed by atoms with E-state index in [1.54, 1.807) is 6.07 Å². The van der Waals surface area contributed by atoms with E-state index in [-0.39, 0.29) is 0 Å². The molecule has 2 rings (SSSR count). The standard InChI is InChI=1S/C14H15Cl3N2/c1-3-5-18-14-8(4-2)6-9-12(17)10(15)7-11(16)13(9)19-14/h6-7H,3-5H2,1-2H3,(H,18,19). The van der Waals surface area contributed by atoms with Crippen LogP contribution in [0.5, 0.6) is 0 Å². The van der Waals surface area contributed by atoms with Gasteiger partial charge in [-0.05, 0) is 30.5 Å². The predicted octanol–water partition coefficient (Wildman–Crippen LogP) is 5.58. The fourth-order valence-corrected chi connectivity index (χ4v) is 2.66. The summed E-state index contributed by atoms with van der Waals surface area (Å²) in [7, 11) is 0. The van der Waals surface area contributed by atoms with E-state index in [4.69, 9.17) is 34.8 Å². The third-order valence-electron chi connectivity index (χ3n) is 2.95. The van der Waals surface area contributed by atoms with Crippen LogP contribution in [0, 0.1) is 0 Å². The van der Waals surface area contributed by atoms with Gasteiger partial charge in [0, 0.05) is 11.9 Å². The van der Waals surface area contributed by atoms with Crippen molar-refractivity contribution >= 4 is 51.5 Å². The third kappa shape index (κ3) is 2.91. The van der Waals surface area contributed by atoms with E-state index in [9.17, 15) is 0 Å². The van der Waals surface area contributed by atoms with Crippen molar-refractivity contribution in [2.75, 3.05) is 11.9 Å². The van der Waals surface area contributed by atoms with Gasteiger partial charge in [-0.2, -0.15) is 0 Å². The first-order chi connectivity index (χ1) is 9.08. The molecule has 5 heteroatoms. The normalized spacial score (nSPS) is 11.0. The number of fused-ring (bicyclic) bond motifs is 1. The van der Waals surface area contributed by atoms with Crippen LogP contribution in [-0.2, 0) is 6.42 Å². The Bertz CT molecular complexity index is 611. The van der Waals surface area contributed by atoms with Crippen LogP contribution in [0.2, 0.25) is 15.1 Å². The fraction of sp³-hybridized carbons (Fsp3) is 0.357. The van der Waals surface area contributed by atoms with Crippen molar-refractivity contribution in [1.29, 1.82) is 0 Å². The zero-order valence-corrected chi connectivity index (χ0v) is 13.1. The molecule has 19 heavy (non-hydrogen) atoms. The summed E-state index contributed by atoms with van der Waals surface area (Å²) in [6, 6.07) is 3.65.